The second-order valence-electron chi connectivity index (χ2n) is 3.73. The molecule has 1 saturated carbocycles. The Morgan fingerprint density at radius 3 is 2.43 bits per heavy atom. The summed E-state index contributed by atoms with van der Waals surface area (Å²) in [6.45, 7) is 0. The standard InChI is InChI=1S/C11H12ClNO/c12-9-5-3-8(4-6-9)11(14)10(13)7-1-2-7/h3-7,10H,1-2,13H2/t10-/m0/s1. The number of halogens is 1. The topological polar surface area (TPSA) is 43.1 Å². The molecule has 2 nitrogen and oxygen atoms in total. The van der Waals surface area contributed by atoms with Crippen LogP contribution in [-0.2, 0) is 0 Å². The SMILES string of the molecule is N[C@H](C(=O)c1ccc(Cl)cc1)C1CC1. The molecular weight excluding hydrogens is 198 g/mol. The smallest absolute Gasteiger partial charge is 0.179 e. The van der Waals surface area contributed by atoms with Gasteiger partial charge >= 0.3 is 0 Å². The number of ketones is 1. The first-order valence-electron chi connectivity index (χ1n) is 4.74. The normalized spacial score (nSPS) is 17.9. The van der Waals surface area contributed by atoms with Crippen molar-refractivity contribution >= 4 is 17.4 Å². The first kappa shape index (κ1) is 9.69. The molecule has 2 N–H and O–H groups in total. The fraction of sp³-hybridized carbons (Fsp3) is 0.364. The second kappa shape index (κ2) is 3.71. The van der Waals surface area contributed by atoms with Crippen molar-refractivity contribution in [3.05, 3.63) is 34.9 Å². The largest absolute Gasteiger partial charge is 0.321 e. The number of hydrogen-bond donors (Lipinski definition) is 1. The lowest BCUT2D eigenvalue weighted by atomic mass is 10.0. The van der Waals surface area contributed by atoms with Crippen LogP contribution in [0.1, 0.15) is 23.2 Å². The number of Topliss-reactive ketones (excluding diaryl/α,β-unsaturated/α-hetero) is 1. The van der Waals surface area contributed by atoms with Gasteiger partial charge in [-0.2, -0.15) is 0 Å². The zero-order valence-corrected chi connectivity index (χ0v) is 8.50. The maximum Gasteiger partial charge on any atom is 0.179 e. The van der Waals surface area contributed by atoms with E-state index in [-0.39, 0.29) is 11.8 Å². The predicted octanol–water partition coefficient (Wildman–Crippen LogP) is 2.26. The summed E-state index contributed by atoms with van der Waals surface area (Å²) in [6, 6.07) is 6.57. The van der Waals surface area contributed by atoms with Gasteiger partial charge in [-0.1, -0.05) is 11.6 Å². The van der Waals surface area contributed by atoms with Gasteiger partial charge in [0.25, 0.3) is 0 Å². The second-order valence-corrected chi connectivity index (χ2v) is 4.17. The Labute approximate surface area is 88.1 Å². The Balaban J connectivity index is 2.13. The zero-order valence-electron chi connectivity index (χ0n) is 7.74. The first-order valence-corrected chi connectivity index (χ1v) is 5.11. The van der Waals surface area contributed by atoms with Crippen molar-refractivity contribution in [2.24, 2.45) is 11.7 Å². The summed E-state index contributed by atoms with van der Waals surface area (Å²) in [6.07, 6.45) is 2.17. The molecule has 0 spiro atoms. The minimum absolute atomic E-state index is 0.0316. The van der Waals surface area contributed by atoms with E-state index in [0.29, 0.717) is 16.5 Å². The predicted molar refractivity (Wildman–Crippen MR) is 56.5 cm³/mol. The molecule has 0 unspecified atom stereocenters. The van der Waals surface area contributed by atoms with Crippen LogP contribution in [0.3, 0.4) is 0 Å². The average Bonchev–Trinajstić information content (AvgIpc) is 3.00. The third-order valence-corrected chi connectivity index (χ3v) is 2.81. The third-order valence-electron chi connectivity index (χ3n) is 2.56. The molecule has 74 valence electrons. The molecular formula is C11H12ClNO. The lowest BCUT2D eigenvalue weighted by Crippen LogP contribution is -2.32. The van der Waals surface area contributed by atoms with Crippen molar-refractivity contribution in [1.29, 1.82) is 0 Å². The van der Waals surface area contributed by atoms with Gasteiger partial charge in [0.05, 0.1) is 6.04 Å². The van der Waals surface area contributed by atoms with E-state index in [9.17, 15) is 4.79 Å². The van der Waals surface area contributed by atoms with Crippen LogP contribution in [0, 0.1) is 5.92 Å². The highest BCUT2D eigenvalue weighted by atomic mass is 35.5. The molecule has 1 atom stereocenters. The summed E-state index contributed by atoms with van der Waals surface area (Å²) in [5.41, 5.74) is 6.47. The summed E-state index contributed by atoms with van der Waals surface area (Å²) in [7, 11) is 0. The highest BCUT2D eigenvalue weighted by Crippen LogP contribution is 2.32. The number of hydrogen-bond acceptors (Lipinski definition) is 2. The Morgan fingerprint density at radius 1 is 1.36 bits per heavy atom. The summed E-state index contributed by atoms with van der Waals surface area (Å²) >= 11 is 5.73. The molecule has 14 heavy (non-hydrogen) atoms. The molecule has 0 aromatic heterocycles. The number of carbonyl (C=O) groups excluding carboxylic acids is 1. The maximum absolute atomic E-state index is 11.8. The van der Waals surface area contributed by atoms with Crippen LogP contribution in [0.25, 0.3) is 0 Å². The third kappa shape index (κ3) is 1.97. The molecule has 0 amide bonds. The van der Waals surface area contributed by atoms with Gasteiger partial charge in [0, 0.05) is 10.6 Å². The molecule has 3 heteroatoms. The van der Waals surface area contributed by atoms with Crippen molar-refractivity contribution in [1.82, 2.24) is 0 Å². The van der Waals surface area contributed by atoms with Gasteiger partial charge in [-0.15, -0.1) is 0 Å². The molecule has 2 rings (SSSR count). The van der Waals surface area contributed by atoms with Crippen molar-refractivity contribution < 1.29 is 4.79 Å². The Hall–Kier alpha value is -0.860. The molecule has 1 fully saturated rings. The Bertz CT molecular complexity index is 343. The zero-order chi connectivity index (χ0) is 10.1. The number of benzene rings is 1. The monoisotopic (exact) mass is 209 g/mol. The van der Waals surface area contributed by atoms with Crippen LogP contribution in [0.4, 0.5) is 0 Å². The van der Waals surface area contributed by atoms with Gasteiger partial charge in [0.2, 0.25) is 0 Å². The molecule has 1 aromatic carbocycles. The number of carbonyl (C=O) groups is 1. The van der Waals surface area contributed by atoms with E-state index in [2.05, 4.69) is 0 Å². The fourth-order valence-electron chi connectivity index (χ4n) is 1.48. The number of rotatable bonds is 3. The molecule has 1 aromatic rings. The minimum atomic E-state index is -0.323. The maximum atomic E-state index is 11.8. The summed E-state index contributed by atoms with van der Waals surface area (Å²) in [5, 5.41) is 0.640. The first-order chi connectivity index (χ1) is 6.68. The molecule has 0 radical (unpaired) electrons. The highest BCUT2D eigenvalue weighted by Gasteiger charge is 2.33. The Kier molecular flexibility index (Phi) is 2.57. The lowest BCUT2D eigenvalue weighted by molar-refractivity contribution is 0.0952. The van der Waals surface area contributed by atoms with Crippen LogP contribution in [0.15, 0.2) is 24.3 Å². The summed E-state index contributed by atoms with van der Waals surface area (Å²) < 4.78 is 0. The Morgan fingerprint density at radius 2 is 1.93 bits per heavy atom. The highest BCUT2D eigenvalue weighted by molar-refractivity contribution is 6.30. The van der Waals surface area contributed by atoms with Gasteiger partial charge in [-0.25, -0.2) is 0 Å². The van der Waals surface area contributed by atoms with E-state index in [1.165, 1.54) is 0 Å². The van der Waals surface area contributed by atoms with E-state index in [1.807, 2.05) is 0 Å². The summed E-state index contributed by atoms with van der Waals surface area (Å²) in [5.74, 6) is 0.433. The molecule has 0 heterocycles. The quantitative estimate of drug-likeness (QED) is 0.777. The van der Waals surface area contributed by atoms with Crippen LogP contribution in [-0.4, -0.2) is 11.8 Å². The molecule has 0 bridgehead atoms. The molecule has 0 saturated heterocycles. The number of nitrogens with two attached hydrogens (primary N) is 1. The van der Waals surface area contributed by atoms with Gasteiger partial charge in [-0.3, -0.25) is 4.79 Å². The van der Waals surface area contributed by atoms with E-state index < -0.39 is 0 Å². The fourth-order valence-corrected chi connectivity index (χ4v) is 1.60. The van der Waals surface area contributed by atoms with E-state index in [0.717, 1.165) is 12.8 Å². The van der Waals surface area contributed by atoms with Gasteiger partial charge in [0.15, 0.2) is 5.78 Å². The molecule has 1 aliphatic rings. The van der Waals surface area contributed by atoms with Crippen LogP contribution in [0.2, 0.25) is 5.02 Å². The van der Waals surface area contributed by atoms with Crippen molar-refractivity contribution in [2.75, 3.05) is 0 Å². The van der Waals surface area contributed by atoms with Crippen LogP contribution < -0.4 is 5.73 Å². The van der Waals surface area contributed by atoms with Crippen LogP contribution >= 0.6 is 11.6 Å². The molecule has 0 aliphatic heterocycles. The van der Waals surface area contributed by atoms with E-state index >= 15 is 0 Å². The summed E-state index contributed by atoms with van der Waals surface area (Å²) in [4.78, 5) is 11.8. The minimum Gasteiger partial charge on any atom is -0.321 e. The van der Waals surface area contributed by atoms with Crippen LogP contribution in [0.5, 0.6) is 0 Å². The lowest BCUT2D eigenvalue weighted by Gasteiger charge is -2.08. The van der Waals surface area contributed by atoms with Gasteiger partial charge in [0.1, 0.15) is 0 Å². The average molecular weight is 210 g/mol. The van der Waals surface area contributed by atoms with E-state index in [4.69, 9.17) is 17.3 Å². The van der Waals surface area contributed by atoms with Gasteiger partial charge < -0.3 is 5.73 Å². The van der Waals surface area contributed by atoms with Crippen molar-refractivity contribution in [3.63, 3.8) is 0 Å². The van der Waals surface area contributed by atoms with Crippen molar-refractivity contribution in [3.8, 4) is 0 Å². The van der Waals surface area contributed by atoms with Gasteiger partial charge in [-0.05, 0) is 43.0 Å². The van der Waals surface area contributed by atoms with Crippen molar-refractivity contribution in [2.45, 2.75) is 18.9 Å². The van der Waals surface area contributed by atoms with E-state index in [1.54, 1.807) is 24.3 Å². The molecule has 1 aliphatic carbocycles.